The molecule has 1 saturated heterocycles. The summed E-state index contributed by atoms with van der Waals surface area (Å²) >= 11 is 0. The van der Waals surface area contributed by atoms with Crippen molar-refractivity contribution in [3.8, 4) is 5.75 Å². The normalized spacial score (nSPS) is 24.7. The van der Waals surface area contributed by atoms with Crippen LogP contribution in [0.5, 0.6) is 5.75 Å². The summed E-state index contributed by atoms with van der Waals surface area (Å²) < 4.78 is 10.8. The van der Waals surface area contributed by atoms with Crippen molar-refractivity contribution in [2.45, 2.75) is 59.0 Å². The van der Waals surface area contributed by atoms with Crippen LogP contribution in [-0.2, 0) is 19.1 Å². The fourth-order valence-electron chi connectivity index (χ4n) is 4.14. The average molecular weight is 344 g/mol. The first-order valence-corrected chi connectivity index (χ1v) is 8.82. The van der Waals surface area contributed by atoms with Crippen molar-refractivity contribution < 1.29 is 23.9 Å². The third-order valence-corrected chi connectivity index (χ3v) is 5.44. The Bertz CT molecular complexity index is 695. The smallest absolute Gasteiger partial charge is 0.320 e. The highest BCUT2D eigenvalue weighted by atomic mass is 16.6. The molecule has 0 bridgehead atoms. The Kier molecular flexibility index (Phi) is 4.43. The topological polar surface area (TPSA) is 69.7 Å². The molecular formula is C20H24O5. The second kappa shape index (κ2) is 6.28. The Labute approximate surface area is 147 Å². The lowest BCUT2D eigenvalue weighted by atomic mass is 9.60. The zero-order valence-electron chi connectivity index (χ0n) is 15.0. The molecule has 1 aromatic rings. The van der Waals surface area contributed by atoms with Crippen LogP contribution in [0.4, 0.5) is 0 Å². The summed E-state index contributed by atoms with van der Waals surface area (Å²) in [7, 11) is 0. The van der Waals surface area contributed by atoms with Gasteiger partial charge in [-0.2, -0.15) is 0 Å². The van der Waals surface area contributed by atoms with E-state index in [1.165, 1.54) is 6.92 Å². The molecule has 1 spiro atoms. The Morgan fingerprint density at radius 1 is 1.08 bits per heavy atom. The summed E-state index contributed by atoms with van der Waals surface area (Å²) in [5.41, 5.74) is -1.03. The van der Waals surface area contributed by atoms with Gasteiger partial charge in [0.1, 0.15) is 17.3 Å². The standard InChI is InChI=1S/C20H24O5/c1-13(21)24-15-9-7-14(8-10-15)16-19(2,3)17(22)20(18(23)25-16)11-5-4-6-12-20/h7-10,16H,4-6,11-12H2,1-3H3. The van der Waals surface area contributed by atoms with Gasteiger partial charge in [-0.05, 0) is 44.4 Å². The number of carbonyl (C=O) groups excluding carboxylic acids is 3. The van der Waals surface area contributed by atoms with Crippen LogP contribution in [0.3, 0.4) is 0 Å². The van der Waals surface area contributed by atoms with Gasteiger partial charge in [0.15, 0.2) is 5.78 Å². The van der Waals surface area contributed by atoms with Crippen molar-refractivity contribution in [2.24, 2.45) is 10.8 Å². The second-order valence-electron chi connectivity index (χ2n) is 7.64. The van der Waals surface area contributed by atoms with E-state index in [1.54, 1.807) is 24.3 Å². The third kappa shape index (κ3) is 2.96. The van der Waals surface area contributed by atoms with Gasteiger partial charge in [0.25, 0.3) is 0 Å². The molecule has 2 fully saturated rings. The first-order chi connectivity index (χ1) is 11.8. The number of ether oxygens (including phenoxy) is 2. The van der Waals surface area contributed by atoms with Gasteiger partial charge in [0.05, 0.1) is 5.41 Å². The molecule has 1 saturated carbocycles. The molecule has 1 aliphatic heterocycles. The number of rotatable bonds is 2. The van der Waals surface area contributed by atoms with Crippen molar-refractivity contribution >= 4 is 17.7 Å². The molecule has 0 N–H and O–H groups in total. The minimum absolute atomic E-state index is 0.00925. The van der Waals surface area contributed by atoms with Crippen molar-refractivity contribution in [1.82, 2.24) is 0 Å². The molecule has 0 amide bonds. The number of cyclic esters (lactones) is 1. The quantitative estimate of drug-likeness (QED) is 0.464. The van der Waals surface area contributed by atoms with Gasteiger partial charge in [0.2, 0.25) is 0 Å². The van der Waals surface area contributed by atoms with E-state index in [4.69, 9.17) is 9.47 Å². The van der Waals surface area contributed by atoms with Gasteiger partial charge < -0.3 is 9.47 Å². The van der Waals surface area contributed by atoms with Gasteiger partial charge in [-0.25, -0.2) is 0 Å². The van der Waals surface area contributed by atoms with E-state index in [0.29, 0.717) is 18.6 Å². The number of hydrogen-bond acceptors (Lipinski definition) is 5. The van der Waals surface area contributed by atoms with Crippen LogP contribution in [-0.4, -0.2) is 17.7 Å². The van der Waals surface area contributed by atoms with Crippen LogP contribution in [0, 0.1) is 10.8 Å². The molecule has 3 rings (SSSR count). The first-order valence-electron chi connectivity index (χ1n) is 8.82. The first kappa shape index (κ1) is 17.6. The molecule has 1 unspecified atom stereocenters. The molecular weight excluding hydrogens is 320 g/mol. The average Bonchev–Trinajstić information content (AvgIpc) is 2.58. The van der Waals surface area contributed by atoms with E-state index < -0.39 is 22.9 Å². The molecule has 0 aromatic heterocycles. The van der Waals surface area contributed by atoms with Gasteiger partial charge in [-0.1, -0.05) is 31.4 Å². The van der Waals surface area contributed by atoms with Crippen LogP contribution < -0.4 is 4.74 Å². The molecule has 1 atom stereocenters. The van der Waals surface area contributed by atoms with Crippen LogP contribution in [0.25, 0.3) is 0 Å². The predicted molar refractivity (Wildman–Crippen MR) is 90.9 cm³/mol. The van der Waals surface area contributed by atoms with Crippen LogP contribution in [0.15, 0.2) is 24.3 Å². The van der Waals surface area contributed by atoms with E-state index in [0.717, 1.165) is 24.8 Å². The van der Waals surface area contributed by atoms with Gasteiger partial charge in [0, 0.05) is 6.92 Å². The maximum atomic E-state index is 13.3. The molecule has 1 aromatic carbocycles. The lowest BCUT2D eigenvalue weighted by Gasteiger charge is -2.47. The number of esters is 2. The maximum absolute atomic E-state index is 13.3. The van der Waals surface area contributed by atoms with E-state index in [1.807, 2.05) is 13.8 Å². The molecule has 5 nitrogen and oxygen atoms in total. The highest BCUT2D eigenvalue weighted by Gasteiger charge is 2.60. The SMILES string of the molecule is CC(=O)Oc1ccc(C2OC(=O)C3(CCCCC3)C(=O)C2(C)C)cc1. The maximum Gasteiger partial charge on any atom is 0.320 e. The number of hydrogen-bond donors (Lipinski definition) is 0. The van der Waals surface area contributed by atoms with Crippen LogP contribution in [0.1, 0.15) is 64.5 Å². The third-order valence-electron chi connectivity index (χ3n) is 5.44. The van der Waals surface area contributed by atoms with E-state index in [-0.39, 0.29) is 11.8 Å². The summed E-state index contributed by atoms with van der Waals surface area (Å²) in [4.78, 5) is 37.0. The number of carbonyl (C=O) groups is 3. The molecule has 1 aliphatic carbocycles. The summed E-state index contributed by atoms with van der Waals surface area (Å²) in [5.74, 6) is -0.367. The van der Waals surface area contributed by atoms with Crippen molar-refractivity contribution in [3.63, 3.8) is 0 Å². The summed E-state index contributed by atoms with van der Waals surface area (Å²) in [6.07, 6.45) is 3.38. The van der Waals surface area contributed by atoms with Crippen molar-refractivity contribution in [3.05, 3.63) is 29.8 Å². The summed E-state index contributed by atoms with van der Waals surface area (Å²) in [5, 5.41) is 0. The largest absolute Gasteiger partial charge is 0.456 e. The number of benzene rings is 1. The number of Topliss-reactive ketones (excluding diaryl/α,β-unsaturated/α-hetero) is 1. The highest BCUT2D eigenvalue weighted by molar-refractivity contribution is 6.08. The lowest BCUT2D eigenvalue weighted by molar-refractivity contribution is -0.192. The van der Waals surface area contributed by atoms with Crippen LogP contribution in [0.2, 0.25) is 0 Å². The van der Waals surface area contributed by atoms with E-state index in [9.17, 15) is 14.4 Å². The zero-order chi connectivity index (χ0) is 18.2. The van der Waals surface area contributed by atoms with E-state index in [2.05, 4.69) is 0 Å². The Hall–Kier alpha value is -2.17. The summed E-state index contributed by atoms with van der Waals surface area (Å²) in [6, 6.07) is 6.78. The van der Waals surface area contributed by atoms with Crippen molar-refractivity contribution in [2.75, 3.05) is 0 Å². The Morgan fingerprint density at radius 3 is 2.24 bits per heavy atom. The van der Waals surface area contributed by atoms with E-state index >= 15 is 0 Å². The molecule has 5 heteroatoms. The predicted octanol–water partition coefficient (Wildman–Crippen LogP) is 3.76. The second-order valence-corrected chi connectivity index (χ2v) is 7.64. The molecule has 1 heterocycles. The molecule has 25 heavy (non-hydrogen) atoms. The fourth-order valence-corrected chi connectivity index (χ4v) is 4.14. The summed E-state index contributed by atoms with van der Waals surface area (Å²) in [6.45, 7) is 5.04. The zero-order valence-corrected chi connectivity index (χ0v) is 15.0. The Morgan fingerprint density at radius 2 is 1.68 bits per heavy atom. The Balaban J connectivity index is 1.89. The number of ketones is 1. The molecule has 134 valence electrons. The van der Waals surface area contributed by atoms with Crippen LogP contribution >= 0.6 is 0 Å². The van der Waals surface area contributed by atoms with Gasteiger partial charge >= 0.3 is 11.9 Å². The minimum atomic E-state index is -0.962. The molecule has 0 radical (unpaired) electrons. The highest BCUT2D eigenvalue weighted by Crippen LogP contribution is 2.53. The van der Waals surface area contributed by atoms with Crippen molar-refractivity contribution in [1.29, 1.82) is 0 Å². The molecule has 2 aliphatic rings. The lowest BCUT2D eigenvalue weighted by Crippen LogP contribution is -2.55. The minimum Gasteiger partial charge on any atom is -0.456 e. The van der Waals surface area contributed by atoms with Gasteiger partial charge in [-0.15, -0.1) is 0 Å². The van der Waals surface area contributed by atoms with Gasteiger partial charge in [-0.3, -0.25) is 14.4 Å². The monoisotopic (exact) mass is 344 g/mol. The fraction of sp³-hybridized carbons (Fsp3) is 0.550.